The minimum absolute atomic E-state index is 0.175. The zero-order valence-corrected chi connectivity index (χ0v) is 12.8. The monoisotopic (exact) mass is 303 g/mol. The average molecular weight is 303 g/mol. The molecule has 0 aromatic heterocycles. The van der Waals surface area contributed by atoms with Gasteiger partial charge in [-0.25, -0.2) is 0 Å². The molecule has 3 aromatic carbocycles. The second-order valence-electron chi connectivity index (χ2n) is 5.12. The molecule has 3 aromatic rings. The van der Waals surface area contributed by atoms with Crippen molar-refractivity contribution in [2.75, 3.05) is 12.4 Å². The standard InChI is InChI=1S/C20H17NO2/c1-23-18-10-5-9-17(14-18)21-20(22)13-12-16-8-4-7-15-6-2-3-11-19(15)16/h2-14H,1H3,(H,21,22). The van der Waals surface area contributed by atoms with Gasteiger partial charge in [-0.3, -0.25) is 4.79 Å². The molecule has 0 spiro atoms. The quantitative estimate of drug-likeness (QED) is 0.721. The lowest BCUT2D eigenvalue weighted by molar-refractivity contribution is -0.111. The molecule has 0 atom stereocenters. The van der Waals surface area contributed by atoms with Crippen molar-refractivity contribution in [2.45, 2.75) is 0 Å². The number of carbonyl (C=O) groups is 1. The van der Waals surface area contributed by atoms with Gasteiger partial charge in [0.1, 0.15) is 5.75 Å². The number of benzene rings is 3. The van der Waals surface area contributed by atoms with Gasteiger partial charge in [-0.1, -0.05) is 48.5 Å². The van der Waals surface area contributed by atoms with Crippen molar-refractivity contribution in [2.24, 2.45) is 0 Å². The third-order valence-corrected chi connectivity index (χ3v) is 3.57. The summed E-state index contributed by atoms with van der Waals surface area (Å²) in [6, 6.07) is 21.4. The molecule has 0 aliphatic heterocycles. The third-order valence-electron chi connectivity index (χ3n) is 3.57. The SMILES string of the molecule is COc1cccc(NC(=O)C=Cc2cccc3ccccc23)c1. The summed E-state index contributed by atoms with van der Waals surface area (Å²) in [6.07, 6.45) is 3.37. The number of rotatable bonds is 4. The van der Waals surface area contributed by atoms with E-state index in [0.717, 1.165) is 16.3 Å². The van der Waals surface area contributed by atoms with Crippen LogP contribution >= 0.6 is 0 Å². The zero-order valence-electron chi connectivity index (χ0n) is 12.8. The van der Waals surface area contributed by atoms with E-state index >= 15 is 0 Å². The molecule has 0 saturated heterocycles. The summed E-state index contributed by atoms with van der Waals surface area (Å²) in [6.45, 7) is 0. The van der Waals surface area contributed by atoms with Gasteiger partial charge in [0.05, 0.1) is 7.11 Å². The Morgan fingerprint density at radius 1 is 1.00 bits per heavy atom. The van der Waals surface area contributed by atoms with Crippen LogP contribution < -0.4 is 10.1 Å². The van der Waals surface area contributed by atoms with Crippen LogP contribution in [-0.2, 0) is 4.79 Å². The number of methoxy groups -OCH3 is 1. The highest BCUT2D eigenvalue weighted by Gasteiger charge is 2.01. The number of ether oxygens (including phenoxy) is 1. The maximum atomic E-state index is 12.1. The predicted octanol–water partition coefficient (Wildman–Crippen LogP) is 4.50. The van der Waals surface area contributed by atoms with Crippen LogP contribution in [0.2, 0.25) is 0 Å². The van der Waals surface area contributed by atoms with Gasteiger partial charge in [-0.05, 0) is 34.5 Å². The Morgan fingerprint density at radius 2 is 1.78 bits per heavy atom. The molecule has 0 aliphatic carbocycles. The lowest BCUT2D eigenvalue weighted by Crippen LogP contribution is -2.07. The normalized spacial score (nSPS) is 10.8. The summed E-state index contributed by atoms with van der Waals surface area (Å²) in [7, 11) is 1.60. The summed E-state index contributed by atoms with van der Waals surface area (Å²) < 4.78 is 5.14. The minimum atomic E-state index is -0.175. The Kier molecular flexibility index (Phi) is 4.39. The number of anilines is 1. The van der Waals surface area contributed by atoms with E-state index in [4.69, 9.17) is 4.74 Å². The fourth-order valence-corrected chi connectivity index (χ4v) is 2.45. The molecule has 0 radical (unpaired) electrons. The first-order valence-corrected chi connectivity index (χ1v) is 7.37. The van der Waals surface area contributed by atoms with Crippen LogP contribution in [0.15, 0.2) is 72.8 Å². The molecule has 114 valence electrons. The van der Waals surface area contributed by atoms with Gasteiger partial charge in [0.15, 0.2) is 0 Å². The van der Waals surface area contributed by atoms with Crippen molar-refractivity contribution in [1.82, 2.24) is 0 Å². The van der Waals surface area contributed by atoms with Gasteiger partial charge in [0, 0.05) is 17.8 Å². The molecular formula is C20H17NO2. The van der Waals surface area contributed by atoms with Crippen LogP contribution in [0.5, 0.6) is 5.75 Å². The Labute approximate surface area is 135 Å². The van der Waals surface area contributed by atoms with E-state index in [1.54, 1.807) is 19.3 Å². The molecule has 0 aliphatic rings. The lowest BCUT2D eigenvalue weighted by Gasteiger charge is -2.05. The van der Waals surface area contributed by atoms with Crippen LogP contribution in [0, 0.1) is 0 Å². The van der Waals surface area contributed by atoms with E-state index in [-0.39, 0.29) is 5.91 Å². The summed E-state index contributed by atoms with van der Waals surface area (Å²) in [5.74, 6) is 0.534. The average Bonchev–Trinajstić information content (AvgIpc) is 2.60. The number of amides is 1. The molecule has 1 amide bonds. The molecule has 0 heterocycles. The Hall–Kier alpha value is -3.07. The molecule has 3 rings (SSSR count). The molecule has 0 saturated carbocycles. The van der Waals surface area contributed by atoms with E-state index in [2.05, 4.69) is 23.5 Å². The number of carbonyl (C=O) groups excluding carboxylic acids is 1. The maximum Gasteiger partial charge on any atom is 0.248 e. The minimum Gasteiger partial charge on any atom is -0.497 e. The zero-order chi connectivity index (χ0) is 16.1. The van der Waals surface area contributed by atoms with Gasteiger partial charge >= 0.3 is 0 Å². The first-order valence-electron chi connectivity index (χ1n) is 7.37. The molecular weight excluding hydrogens is 286 g/mol. The van der Waals surface area contributed by atoms with Crippen molar-refractivity contribution in [1.29, 1.82) is 0 Å². The van der Waals surface area contributed by atoms with Gasteiger partial charge in [0.2, 0.25) is 5.91 Å². The molecule has 0 unspecified atom stereocenters. The molecule has 1 N–H and O–H groups in total. The van der Waals surface area contributed by atoms with E-state index in [1.165, 1.54) is 0 Å². The summed E-state index contributed by atoms with van der Waals surface area (Å²) in [5.41, 5.74) is 1.72. The largest absolute Gasteiger partial charge is 0.497 e. The van der Waals surface area contributed by atoms with Crippen molar-refractivity contribution in [3.8, 4) is 5.75 Å². The van der Waals surface area contributed by atoms with Crippen LogP contribution in [-0.4, -0.2) is 13.0 Å². The topological polar surface area (TPSA) is 38.3 Å². The Balaban J connectivity index is 1.77. The highest BCUT2D eigenvalue weighted by Crippen LogP contribution is 2.20. The fraction of sp³-hybridized carbons (Fsp3) is 0.0500. The van der Waals surface area contributed by atoms with Crippen LogP contribution in [0.4, 0.5) is 5.69 Å². The predicted molar refractivity (Wildman–Crippen MR) is 94.6 cm³/mol. The molecule has 3 heteroatoms. The smallest absolute Gasteiger partial charge is 0.248 e. The molecule has 23 heavy (non-hydrogen) atoms. The van der Waals surface area contributed by atoms with E-state index in [9.17, 15) is 4.79 Å². The van der Waals surface area contributed by atoms with E-state index in [1.807, 2.05) is 48.5 Å². The molecule has 3 nitrogen and oxygen atoms in total. The molecule has 0 fully saturated rings. The van der Waals surface area contributed by atoms with Crippen molar-refractivity contribution < 1.29 is 9.53 Å². The number of hydrogen-bond acceptors (Lipinski definition) is 2. The molecule has 0 bridgehead atoms. The highest BCUT2D eigenvalue weighted by atomic mass is 16.5. The first-order chi connectivity index (χ1) is 11.3. The Bertz CT molecular complexity index is 863. The lowest BCUT2D eigenvalue weighted by atomic mass is 10.0. The summed E-state index contributed by atoms with van der Waals surface area (Å²) >= 11 is 0. The highest BCUT2D eigenvalue weighted by molar-refractivity contribution is 6.03. The van der Waals surface area contributed by atoms with Gasteiger partial charge < -0.3 is 10.1 Å². The van der Waals surface area contributed by atoms with Crippen molar-refractivity contribution in [3.05, 3.63) is 78.4 Å². The summed E-state index contributed by atoms with van der Waals surface area (Å²) in [5, 5.41) is 5.11. The second kappa shape index (κ2) is 6.79. The number of hydrogen-bond donors (Lipinski definition) is 1. The van der Waals surface area contributed by atoms with Gasteiger partial charge in [-0.2, -0.15) is 0 Å². The van der Waals surface area contributed by atoms with Crippen LogP contribution in [0.3, 0.4) is 0 Å². The van der Waals surface area contributed by atoms with Crippen molar-refractivity contribution >= 4 is 28.4 Å². The number of fused-ring (bicyclic) bond motifs is 1. The second-order valence-corrected chi connectivity index (χ2v) is 5.12. The van der Waals surface area contributed by atoms with Crippen molar-refractivity contribution in [3.63, 3.8) is 0 Å². The fourth-order valence-electron chi connectivity index (χ4n) is 2.45. The summed E-state index contributed by atoms with van der Waals surface area (Å²) in [4.78, 5) is 12.1. The third kappa shape index (κ3) is 3.58. The van der Waals surface area contributed by atoms with Crippen LogP contribution in [0.1, 0.15) is 5.56 Å². The Morgan fingerprint density at radius 3 is 2.65 bits per heavy atom. The number of nitrogens with one attached hydrogen (secondary N) is 1. The maximum absolute atomic E-state index is 12.1. The first kappa shape index (κ1) is 14.9. The van der Waals surface area contributed by atoms with Crippen LogP contribution in [0.25, 0.3) is 16.8 Å². The van der Waals surface area contributed by atoms with Gasteiger partial charge in [0.25, 0.3) is 0 Å². The van der Waals surface area contributed by atoms with Gasteiger partial charge in [-0.15, -0.1) is 0 Å². The van der Waals surface area contributed by atoms with E-state index < -0.39 is 0 Å². The van der Waals surface area contributed by atoms with E-state index in [0.29, 0.717) is 11.4 Å².